The van der Waals surface area contributed by atoms with Crippen molar-refractivity contribution in [1.29, 1.82) is 5.41 Å². The third-order valence-corrected chi connectivity index (χ3v) is 7.14. The molecule has 0 bridgehead atoms. The number of carboxylic acid groups (broad SMARTS) is 1. The summed E-state index contributed by atoms with van der Waals surface area (Å²) in [6.07, 6.45) is 3.09. The molecule has 0 radical (unpaired) electrons. The van der Waals surface area contributed by atoms with Crippen LogP contribution < -0.4 is 10.1 Å². The molecular weight excluding hydrogens is 512 g/mol. The van der Waals surface area contributed by atoms with Crippen LogP contribution in [0.25, 0.3) is 11.0 Å². The number of aromatic amines is 1. The second kappa shape index (κ2) is 11.7. The average Bonchev–Trinajstić information content (AvgIpc) is 3.50. The van der Waals surface area contributed by atoms with Crippen molar-refractivity contribution in [2.45, 2.75) is 39.3 Å². The minimum Gasteiger partial charge on any atom is -0.491 e. The highest BCUT2D eigenvalue weighted by molar-refractivity contribution is 5.97. The Hall–Kier alpha value is -4.51. The molecule has 5 rings (SSSR count). The number of imidazole rings is 2. The molecule has 4 N–H and O–H groups in total. The SMILES string of the molecule is COCn1c(Cc2nc3c([nH]2)CC(C(C)=N)CC3)nc2ccc(C(=O)NCCOc3ccccc3C(=O)O)cc21. The lowest BCUT2D eigenvalue weighted by atomic mass is 9.87. The Morgan fingerprint density at radius 1 is 1.23 bits per heavy atom. The van der Waals surface area contributed by atoms with Crippen LogP contribution in [0.4, 0.5) is 0 Å². The van der Waals surface area contributed by atoms with Crippen molar-refractivity contribution in [3.63, 3.8) is 0 Å². The summed E-state index contributed by atoms with van der Waals surface area (Å²) in [5.41, 5.74) is 4.92. The topological polar surface area (TPSA) is 155 Å². The van der Waals surface area contributed by atoms with E-state index in [4.69, 9.17) is 24.9 Å². The zero-order chi connectivity index (χ0) is 28.2. The number of H-pyrrole nitrogens is 1. The zero-order valence-corrected chi connectivity index (χ0v) is 22.5. The van der Waals surface area contributed by atoms with E-state index in [2.05, 4.69) is 10.3 Å². The first-order valence-electron chi connectivity index (χ1n) is 13.2. The molecule has 1 unspecified atom stereocenters. The van der Waals surface area contributed by atoms with Gasteiger partial charge in [0.2, 0.25) is 0 Å². The highest BCUT2D eigenvalue weighted by atomic mass is 16.5. The van der Waals surface area contributed by atoms with Crippen molar-refractivity contribution in [1.82, 2.24) is 24.8 Å². The van der Waals surface area contributed by atoms with Gasteiger partial charge in [0.25, 0.3) is 5.91 Å². The number of benzene rings is 2. The van der Waals surface area contributed by atoms with Gasteiger partial charge in [0.05, 0.1) is 29.7 Å². The molecule has 2 heterocycles. The lowest BCUT2D eigenvalue weighted by Gasteiger charge is -2.19. The van der Waals surface area contributed by atoms with E-state index in [1.54, 1.807) is 37.4 Å². The highest BCUT2D eigenvalue weighted by Gasteiger charge is 2.24. The number of carboxylic acids is 1. The number of ether oxygens (including phenoxy) is 2. The van der Waals surface area contributed by atoms with Gasteiger partial charge in [-0.05, 0) is 56.5 Å². The normalized spacial score (nSPS) is 14.6. The van der Waals surface area contributed by atoms with Gasteiger partial charge in [0, 0.05) is 30.0 Å². The predicted octanol–water partition coefficient (Wildman–Crippen LogP) is 3.61. The van der Waals surface area contributed by atoms with Crippen LogP contribution in [0.1, 0.15) is 57.1 Å². The molecule has 2 aromatic carbocycles. The van der Waals surface area contributed by atoms with Gasteiger partial charge in [-0.3, -0.25) is 4.79 Å². The number of hydrogen-bond acceptors (Lipinski definition) is 7. The second-order valence-electron chi connectivity index (χ2n) is 9.89. The summed E-state index contributed by atoms with van der Waals surface area (Å²) >= 11 is 0. The third kappa shape index (κ3) is 5.74. The predicted molar refractivity (Wildman–Crippen MR) is 148 cm³/mol. The monoisotopic (exact) mass is 544 g/mol. The summed E-state index contributed by atoms with van der Waals surface area (Å²) < 4.78 is 13.0. The number of nitrogens with zero attached hydrogens (tertiary/aromatic N) is 3. The summed E-state index contributed by atoms with van der Waals surface area (Å²) in [6.45, 7) is 2.46. The molecule has 0 fully saturated rings. The number of fused-ring (bicyclic) bond motifs is 2. The maximum Gasteiger partial charge on any atom is 0.339 e. The van der Waals surface area contributed by atoms with Gasteiger partial charge >= 0.3 is 5.97 Å². The van der Waals surface area contributed by atoms with Crippen LogP contribution in [0.5, 0.6) is 5.75 Å². The Balaban J connectivity index is 1.28. The van der Waals surface area contributed by atoms with Crippen LogP contribution in [0, 0.1) is 11.3 Å². The molecule has 0 saturated carbocycles. The fourth-order valence-electron chi connectivity index (χ4n) is 5.06. The lowest BCUT2D eigenvalue weighted by Crippen LogP contribution is -2.28. The first-order valence-corrected chi connectivity index (χ1v) is 13.2. The van der Waals surface area contributed by atoms with E-state index in [-0.39, 0.29) is 43.0 Å². The van der Waals surface area contributed by atoms with E-state index in [9.17, 15) is 14.7 Å². The number of para-hydroxylation sites is 1. The van der Waals surface area contributed by atoms with E-state index in [1.807, 2.05) is 17.6 Å². The number of hydrogen-bond donors (Lipinski definition) is 4. The number of rotatable bonds is 11. The Morgan fingerprint density at radius 2 is 2.05 bits per heavy atom. The number of aryl methyl sites for hydroxylation is 1. The smallest absolute Gasteiger partial charge is 0.339 e. The number of carbonyl (C=O) groups excluding carboxylic acids is 1. The van der Waals surface area contributed by atoms with Crippen LogP contribution in [0.2, 0.25) is 0 Å². The van der Waals surface area contributed by atoms with Crippen molar-refractivity contribution in [2.24, 2.45) is 5.92 Å². The summed E-state index contributed by atoms with van der Waals surface area (Å²) in [6, 6.07) is 11.7. The van der Waals surface area contributed by atoms with Crippen molar-refractivity contribution >= 4 is 28.6 Å². The number of amides is 1. The molecule has 40 heavy (non-hydrogen) atoms. The molecule has 0 aliphatic heterocycles. The third-order valence-electron chi connectivity index (χ3n) is 7.14. The van der Waals surface area contributed by atoms with E-state index < -0.39 is 5.97 Å². The maximum atomic E-state index is 12.9. The fraction of sp³-hybridized carbons (Fsp3) is 0.345. The molecule has 0 spiro atoms. The first-order chi connectivity index (χ1) is 19.3. The molecule has 0 saturated heterocycles. The number of carbonyl (C=O) groups is 2. The molecule has 208 valence electrons. The van der Waals surface area contributed by atoms with Crippen LogP contribution in [-0.2, 0) is 30.7 Å². The van der Waals surface area contributed by atoms with Gasteiger partial charge in [0.1, 0.15) is 36.3 Å². The summed E-state index contributed by atoms with van der Waals surface area (Å²) in [5, 5.41) is 20.1. The van der Waals surface area contributed by atoms with E-state index in [1.165, 1.54) is 6.07 Å². The molecule has 1 atom stereocenters. The van der Waals surface area contributed by atoms with Gasteiger partial charge in [-0.15, -0.1) is 0 Å². The molecule has 1 amide bonds. The van der Waals surface area contributed by atoms with E-state index >= 15 is 0 Å². The molecule has 1 aliphatic rings. The summed E-state index contributed by atoms with van der Waals surface area (Å²) in [4.78, 5) is 37.3. The summed E-state index contributed by atoms with van der Waals surface area (Å²) in [5.74, 6) is 0.755. The molecule has 11 heteroatoms. The standard InChI is InChI=1S/C29H32N6O5/c1-17(30)18-7-9-21-23(13-18)33-26(32-21)15-27-34-22-10-8-19(14-24(22)35(27)16-39-2)28(36)31-11-12-40-25-6-4-3-5-20(25)29(37)38/h3-6,8,10,14,18,30H,7,9,11-13,15-16H2,1-2H3,(H,31,36)(H,32,33)(H,37,38). The minimum absolute atomic E-state index is 0.0712. The Labute approximate surface area is 231 Å². The van der Waals surface area contributed by atoms with Crippen molar-refractivity contribution in [3.05, 3.63) is 76.6 Å². The van der Waals surface area contributed by atoms with E-state index in [0.29, 0.717) is 17.7 Å². The van der Waals surface area contributed by atoms with Gasteiger partial charge in [-0.1, -0.05) is 12.1 Å². The van der Waals surface area contributed by atoms with Crippen LogP contribution in [0.15, 0.2) is 42.5 Å². The number of methoxy groups -OCH3 is 1. The Kier molecular flexibility index (Phi) is 7.92. The van der Waals surface area contributed by atoms with Crippen LogP contribution in [0.3, 0.4) is 0 Å². The maximum absolute atomic E-state index is 12.9. The quantitative estimate of drug-likeness (QED) is 0.166. The minimum atomic E-state index is -1.07. The molecule has 2 aromatic heterocycles. The summed E-state index contributed by atoms with van der Waals surface area (Å²) in [7, 11) is 1.61. The van der Waals surface area contributed by atoms with Gasteiger partial charge in [0.15, 0.2) is 0 Å². The Bertz CT molecular complexity index is 1570. The molecule has 4 aromatic rings. The largest absolute Gasteiger partial charge is 0.491 e. The lowest BCUT2D eigenvalue weighted by molar-refractivity contribution is 0.0691. The van der Waals surface area contributed by atoms with Crippen molar-refractivity contribution in [3.8, 4) is 5.75 Å². The van der Waals surface area contributed by atoms with Crippen LogP contribution >= 0.6 is 0 Å². The number of aromatic carboxylic acids is 1. The highest BCUT2D eigenvalue weighted by Crippen LogP contribution is 2.26. The van der Waals surface area contributed by atoms with Gasteiger partial charge < -0.3 is 34.9 Å². The number of nitrogens with one attached hydrogen (secondary N) is 3. The number of aromatic nitrogens is 4. The molecule has 1 aliphatic carbocycles. The van der Waals surface area contributed by atoms with Gasteiger partial charge in [-0.2, -0.15) is 0 Å². The molecular formula is C29H32N6O5. The average molecular weight is 545 g/mol. The Morgan fingerprint density at radius 3 is 2.83 bits per heavy atom. The van der Waals surface area contributed by atoms with Crippen molar-refractivity contribution < 1.29 is 24.2 Å². The van der Waals surface area contributed by atoms with Gasteiger partial charge in [-0.25, -0.2) is 14.8 Å². The fourth-order valence-corrected chi connectivity index (χ4v) is 5.06. The van der Waals surface area contributed by atoms with E-state index in [0.717, 1.165) is 53.3 Å². The first kappa shape index (κ1) is 27.1. The molecule has 11 nitrogen and oxygen atoms in total. The van der Waals surface area contributed by atoms with Crippen molar-refractivity contribution in [2.75, 3.05) is 20.3 Å². The second-order valence-corrected chi connectivity index (χ2v) is 9.89. The van der Waals surface area contributed by atoms with Crippen LogP contribution in [-0.4, -0.2) is 62.5 Å². The zero-order valence-electron chi connectivity index (χ0n) is 22.5.